The van der Waals surface area contributed by atoms with Crippen LogP contribution in [0.1, 0.15) is 22.3 Å². The van der Waals surface area contributed by atoms with E-state index in [0.717, 1.165) is 0 Å². The Bertz CT molecular complexity index is 765. The lowest BCUT2D eigenvalue weighted by molar-refractivity contribution is -0.671. The lowest BCUT2D eigenvalue weighted by Crippen LogP contribution is -2.25. The van der Waals surface area contributed by atoms with Crippen LogP contribution in [0.2, 0.25) is 0 Å². The zero-order valence-electron chi connectivity index (χ0n) is 14.1. The molecule has 0 bridgehead atoms. The van der Waals surface area contributed by atoms with Gasteiger partial charge in [0, 0.05) is 24.3 Å². The molecule has 0 unspecified atom stereocenters. The lowest BCUT2D eigenvalue weighted by atomic mass is 10.1. The fourth-order valence-electron chi connectivity index (χ4n) is 2.35. The predicted octanol–water partition coefficient (Wildman–Crippen LogP) is 3.68. The average Bonchev–Trinajstić information content (AvgIpc) is 2.62. The SMILES string of the molecule is C[n+]1ccc(/C=C/c2ccc(/C=C/c3cc[n+](C)cc3)cc2)cc1. The molecule has 2 aromatic heterocycles. The summed E-state index contributed by atoms with van der Waals surface area (Å²) >= 11 is 0. The van der Waals surface area contributed by atoms with Gasteiger partial charge in [0.05, 0.1) is 0 Å². The first kappa shape index (κ1) is 15.9. The molecule has 3 rings (SSSR count). The second kappa shape index (κ2) is 7.51. The summed E-state index contributed by atoms with van der Waals surface area (Å²) < 4.78 is 4.07. The van der Waals surface area contributed by atoms with Crippen LogP contribution in [0.25, 0.3) is 24.3 Å². The maximum atomic E-state index is 2.14. The van der Waals surface area contributed by atoms with E-state index < -0.39 is 0 Å². The van der Waals surface area contributed by atoms with E-state index in [1.54, 1.807) is 0 Å². The van der Waals surface area contributed by atoms with Crippen molar-refractivity contribution in [3.05, 3.63) is 95.6 Å². The Balaban J connectivity index is 1.66. The van der Waals surface area contributed by atoms with Gasteiger partial charge in [-0.3, -0.25) is 0 Å². The minimum Gasteiger partial charge on any atom is -0.208 e. The van der Waals surface area contributed by atoms with Crippen molar-refractivity contribution < 1.29 is 9.13 Å². The highest BCUT2D eigenvalue weighted by molar-refractivity contribution is 5.72. The summed E-state index contributed by atoms with van der Waals surface area (Å²) in [6, 6.07) is 17.0. The Morgan fingerprint density at radius 3 is 1.00 bits per heavy atom. The Morgan fingerprint density at radius 2 is 0.708 bits per heavy atom. The van der Waals surface area contributed by atoms with Gasteiger partial charge >= 0.3 is 0 Å². The van der Waals surface area contributed by atoms with Crippen LogP contribution in [0.5, 0.6) is 0 Å². The summed E-state index contributed by atoms with van der Waals surface area (Å²) in [4.78, 5) is 0. The first-order chi connectivity index (χ1) is 11.7. The molecule has 0 N–H and O–H groups in total. The highest BCUT2D eigenvalue weighted by Gasteiger charge is 1.94. The fourth-order valence-corrected chi connectivity index (χ4v) is 2.35. The summed E-state index contributed by atoms with van der Waals surface area (Å²) in [5, 5.41) is 0. The van der Waals surface area contributed by atoms with Crippen LogP contribution in [0.4, 0.5) is 0 Å². The first-order valence-corrected chi connectivity index (χ1v) is 8.06. The minimum atomic E-state index is 1.20. The van der Waals surface area contributed by atoms with Crippen LogP contribution in [0, 0.1) is 0 Å². The molecule has 0 aliphatic heterocycles. The molecule has 3 aromatic rings. The molecule has 0 saturated heterocycles. The Kier molecular flexibility index (Phi) is 4.97. The standard InChI is InChI=1S/C22H22N2/c1-23-15-11-21(12-16-23)9-7-19-3-5-20(6-4-19)8-10-22-13-17-24(2)18-14-22/h3-18H,1-2H3/q+2/b9-7+,10-8+. The molecular formula is C22H22N2+2. The summed E-state index contributed by atoms with van der Waals surface area (Å²) in [6.07, 6.45) is 16.8. The number of pyridine rings is 2. The molecule has 0 spiro atoms. The van der Waals surface area contributed by atoms with Crippen molar-refractivity contribution in [2.24, 2.45) is 14.1 Å². The summed E-state index contributed by atoms with van der Waals surface area (Å²) in [5.41, 5.74) is 4.81. The maximum Gasteiger partial charge on any atom is 0.169 e. The van der Waals surface area contributed by atoms with Crippen LogP contribution in [-0.2, 0) is 14.1 Å². The molecule has 118 valence electrons. The number of rotatable bonds is 4. The van der Waals surface area contributed by atoms with E-state index in [0.29, 0.717) is 0 Å². The molecule has 0 fully saturated rings. The van der Waals surface area contributed by atoms with Gasteiger partial charge in [-0.1, -0.05) is 48.6 Å². The van der Waals surface area contributed by atoms with Crippen molar-refractivity contribution in [3.8, 4) is 0 Å². The van der Waals surface area contributed by atoms with Gasteiger partial charge in [0.25, 0.3) is 0 Å². The second-order valence-electron chi connectivity index (χ2n) is 5.93. The third-order valence-electron chi connectivity index (χ3n) is 3.88. The predicted molar refractivity (Wildman–Crippen MR) is 99.5 cm³/mol. The van der Waals surface area contributed by atoms with Crippen molar-refractivity contribution in [2.45, 2.75) is 0 Å². The van der Waals surface area contributed by atoms with Gasteiger partial charge in [-0.15, -0.1) is 0 Å². The number of aromatic nitrogens is 2. The quantitative estimate of drug-likeness (QED) is 0.649. The van der Waals surface area contributed by atoms with Gasteiger partial charge in [-0.05, 0) is 22.3 Å². The largest absolute Gasteiger partial charge is 0.208 e. The summed E-state index contributed by atoms with van der Waals surface area (Å²) in [6.45, 7) is 0. The topological polar surface area (TPSA) is 7.76 Å². The molecule has 0 amide bonds. The third-order valence-corrected chi connectivity index (χ3v) is 3.88. The Labute approximate surface area is 143 Å². The van der Waals surface area contributed by atoms with Gasteiger partial charge < -0.3 is 0 Å². The van der Waals surface area contributed by atoms with Gasteiger partial charge in [0.1, 0.15) is 14.1 Å². The fraction of sp³-hybridized carbons (Fsp3) is 0.0909. The minimum absolute atomic E-state index is 1.20. The highest BCUT2D eigenvalue weighted by Crippen LogP contribution is 2.11. The van der Waals surface area contributed by atoms with Crippen LogP contribution in [0.15, 0.2) is 73.3 Å². The van der Waals surface area contributed by atoms with E-state index in [9.17, 15) is 0 Å². The van der Waals surface area contributed by atoms with E-state index in [4.69, 9.17) is 0 Å². The van der Waals surface area contributed by atoms with Crippen LogP contribution < -0.4 is 9.13 Å². The Hall–Kier alpha value is -3.00. The van der Waals surface area contributed by atoms with Crippen LogP contribution in [0.3, 0.4) is 0 Å². The highest BCUT2D eigenvalue weighted by atomic mass is 14.9. The van der Waals surface area contributed by atoms with Crippen molar-refractivity contribution in [3.63, 3.8) is 0 Å². The smallest absolute Gasteiger partial charge is 0.169 e. The average molecular weight is 314 g/mol. The van der Waals surface area contributed by atoms with Gasteiger partial charge in [-0.25, -0.2) is 9.13 Å². The van der Waals surface area contributed by atoms with E-state index >= 15 is 0 Å². The van der Waals surface area contributed by atoms with E-state index in [2.05, 4.69) is 97.6 Å². The van der Waals surface area contributed by atoms with Crippen molar-refractivity contribution in [1.82, 2.24) is 0 Å². The second-order valence-corrected chi connectivity index (χ2v) is 5.93. The zero-order valence-corrected chi connectivity index (χ0v) is 14.1. The van der Waals surface area contributed by atoms with Crippen LogP contribution >= 0.6 is 0 Å². The number of hydrogen-bond donors (Lipinski definition) is 0. The number of aryl methyl sites for hydroxylation is 2. The number of hydrogen-bond acceptors (Lipinski definition) is 0. The molecule has 2 nitrogen and oxygen atoms in total. The Morgan fingerprint density at radius 1 is 0.458 bits per heavy atom. The monoisotopic (exact) mass is 314 g/mol. The molecule has 0 atom stereocenters. The van der Waals surface area contributed by atoms with Gasteiger partial charge in [0.2, 0.25) is 0 Å². The molecule has 0 aliphatic rings. The van der Waals surface area contributed by atoms with E-state index in [1.807, 2.05) is 23.2 Å². The first-order valence-electron chi connectivity index (χ1n) is 8.06. The van der Waals surface area contributed by atoms with Crippen molar-refractivity contribution in [2.75, 3.05) is 0 Å². The molecular weight excluding hydrogens is 292 g/mol. The number of benzene rings is 1. The molecule has 0 aliphatic carbocycles. The molecule has 24 heavy (non-hydrogen) atoms. The maximum absolute atomic E-state index is 2.14. The van der Waals surface area contributed by atoms with Gasteiger partial charge in [0.15, 0.2) is 24.8 Å². The van der Waals surface area contributed by atoms with Crippen molar-refractivity contribution >= 4 is 24.3 Å². The normalized spacial score (nSPS) is 11.4. The third kappa shape index (κ3) is 4.50. The lowest BCUT2D eigenvalue weighted by Gasteiger charge is -1.97. The van der Waals surface area contributed by atoms with Crippen LogP contribution in [-0.4, -0.2) is 0 Å². The molecule has 0 saturated carbocycles. The summed E-state index contributed by atoms with van der Waals surface area (Å²) in [5.74, 6) is 0. The van der Waals surface area contributed by atoms with E-state index in [-0.39, 0.29) is 0 Å². The zero-order chi connectivity index (χ0) is 16.8. The number of nitrogens with zero attached hydrogens (tertiary/aromatic N) is 2. The molecule has 0 radical (unpaired) electrons. The summed E-state index contributed by atoms with van der Waals surface area (Å²) in [7, 11) is 4.05. The molecule has 2 heterocycles. The van der Waals surface area contributed by atoms with Gasteiger partial charge in [-0.2, -0.15) is 0 Å². The molecule has 2 heteroatoms. The van der Waals surface area contributed by atoms with E-state index in [1.165, 1.54) is 22.3 Å². The molecule has 1 aromatic carbocycles. The van der Waals surface area contributed by atoms with Crippen molar-refractivity contribution in [1.29, 1.82) is 0 Å².